The number of nitrogens with zero attached hydrogens (tertiary/aromatic N) is 1. The third-order valence-corrected chi connectivity index (χ3v) is 1.42. The topological polar surface area (TPSA) is 12.4 Å². The molecule has 0 rings (SSSR count). The first kappa shape index (κ1) is 7.67. The van der Waals surface area contributed by atoms with E-state index in [0.717, 1.165) is 0 Å². The molecule has 0 amide bonds. The second-order valence-corrected chi connectivity index (χ2v) is 3.06. The van der Waals surface area contributed by atoms with Crippen molar-refractivity contribution in [1.82, 2.24) is 0 Å². The SMILES string of the molecule is CN=C(C)C(C)(C)C. The predicted octanol–water partition coefficient (Wildman–Crippen LogP) is 2.12. The average Bonchev–Trinajstić information content (AvgIpc) is 1.62. The van der Waals surface area contributed by atoms with Crippen LogP contribution in [0.15, 0.2) is 4.99 Å². The van der Waals surface area contributed by atoms with E-state index in [1.54, 1.807) is 0 Å². The molecule has 0 heterocycles. The standard InChI is InChI=1S/C7H15N/c1-6(8-5)7(2,3)4/h1-5H3. The lowest BCUT2D eigenvalue weighted by Gasteiger charge is -2.16. The Morgan fingerprint density at radius 2 is 1.62 bits per heavy atom. The van der Waals surface area contributed by atoms with Crippen LogP contribution in [0.4, 0.5) is 0 Å². The van der Waals surface area contributed by atoms with Gasteiger partial charge < -0.3 is 0 Å². The Bertz CT molecular complexity index is 95.4. The van der Waals surface area contributed by atoms with Gasteiger partial charge in [-0.1, -0.05) is 20.8 Å². The van der Waals surface area contributed by atoms with Crippen LogP contribution in [0.3, 0.4) is 0 Å². The van der Waals surface area contributed by atoms with Crippen LogP contribution in [-0.4, -0.2) is 12.8 Å². The molecule has 0 fully saturated rings. The minimum atomic E-state index is 0.259. The van der Waals surface area contributed by atoms with Crippen LogP contribution in [0.5, 0.6) is 0 Å². The van der Waals surface area contributed by atoms with Gasteiger partial charge in [0, 0.05) is 12.8 Å². The van der Waals surface area contributed by atoms with Gasteiger partial charge in [0.05, 0.1) is 0 Å². The van der Waals surface area contributed by atoms with Gasteiger partial charge in [-0.15, -0.1) is 0 Å². The van der Waals surface area contributed by atoms with E-state index in [4.69, 9.17) is 0 Å². The van der Waals surface area contributed by atoms with Gasteiger partial charge in [-0.05, 0) is 12.3 Å². The second kappa shape index (κ2) is 2.29. The van der Waals surface area contributed by atoms with Gasteiger partial charge >= 0.3 is 0 Å². The van der Waals surface area contributed by atoms with E-state index in [2.05, 4.69) is 32.7 Å². The highest BCUT2D eigenvalue weighted by Gasteiger charge is 2.12. The highest BCUT2D eigenvalue weighted by Crippen LogP contribution is 2.14. The molecule has 1 heteroatoms. The maximum Gasteiger partial charge on any atom is 0.0276 e. The van der Waals surface area contributed by atoms with Crippen molar-refractivity contribution in [2.24, 2.45) is 10.4 Å². The largest absolute Gasteiger partial charge is 0.297 e. The summed E-state index contributed by atoms with van der Waals surface area (Å²) in [5.41, 5.74) is 1.46. The molecular weight excluding hydrogens is 98.1 g/mol. The van der Waals surface area contributed by atoms with Crippen LogP contribution in [0.25, 0.3) is 0 Å². The molecule has 0 unspecified atom stereocenters. The highest BCUT2D eigenvalue weighted by atomic mass is 14.7. The van der Waals surface area contributed by atoms with Gasteiger partial charge in [0.25, 0.3) is 0 Å². The molecule has 0 bridgehead atoms. The van der Waals surface area contributed by atoms with Crippen LogP contribution in [0.2, 0.25) is 0 Å². The molecule has 48 valence electrons. The first-order valence-corrected chi connectivity index (χ1v) is 2.92. The molecule has 0 spiro atoms. The van der Waals surface area contributed by atoms with Crippen molar-refractivity contribution in [3.63, 3.8) is 0 Å². The van der Waals surface area contributed by atoms with Crippen molar-refractivity contribution >= 4 is 5.71 Å². The van der Waals surface area contributed by atoms with Crippen molar-refractivity contribution in [1.29, 1.82) is 0 Å². The summed E-state index contributed by atoms with van der Waals surface area (Å²) in [6, 6.07) is 0. The first-order valence-electron chi connectivity index (χ1n) is 2.92. The number of rotatable bonds is 0. The molecule has 0 atom stereocenters. The number of aliphatic imine (C=N–C) groups is 1. The fourth-order valence-electron chi connectivity index (χ4n) is 0.335. The third kappa shape index (κ3) is 2.10. The minimum absolute atomic E-state index is 0.259. The summed E-state index contributed by atoms with van der Waals surface area (Å²) < 4.78 is 0. The van der Waals surface area contributed by atoms with Crippen molar-refractivity contribution in [2.45, 2.75) is 27.7 Å². The summed E-state index contributed by atoms with van der Waals surface area (Å²) in [6.45, 7) is 8.54. The van der Waals surface area contributed by atoms with Crippen LogP contribution in [-0.2, 0) is 0 Å². The van der Waals surface area contributed by atoms with Crippen LogP contribution < -0.4 is 0 Å². The zero-order valence-electron chi connectivity index (χ0n) is 6.45. The maximum atomic E-state index is 4.08. The van der Waals surface area contributed by atoms with E-state index >= 15 is 0 Å². The smallest absolute Gasteiger partial charge is 0.0276 e. The average molecular weight is 113 g/mol. The Balaban J connectivity index is 4.03. The third-order valence-electron chi connectivity index (χ3n) is 1.42. The fraction of sp³-hybridized carbons (Fsp3) is 0.857. The van der Waals surface area contributed by atoms with E-state index in [1.807, 2.05) is 7.05 Å². The molecule has 0 aliphatic rings. The molecule has 0 saturated heterocycles. The summed E-state index contributed by atoms with van der Waals surface area (Å²) in [4.78, 5) is 4.08. The minimum Gasteiger partial charge on any atom is -0.297 e. The zero-order chi connectivity index (χ0) is 6.78. The highest BCUT2D eigenvalue weighted by molar-refractivity contribution is 5.86. The summed E-state index contributed by atoms with van der Waals surface area (Å²) in [7, 11) is 1.83. The molecule has 0 aliphatic carbocycles. The number of hydrogen-bond donors (Lipinski definition) is 0. The lowest BCUT2D eigenvalue weighted by atomic mass is 9.91. The molecule has 0 aromatic heterocycles. The summed E-state index contributed by atoms with van der Waals surface area (Å²) in [5, 5.41) is 0. The Hall–Kier alpha value is -0.330. The zero-order valence-corrected chi connectivity index (χ0v) is 6.45. The van der Waals surface area contributed by atoms with E-state index in [9.17, 15) is 0 Å². The lowest BCUT2D eigenvalue weighted by molar-refractivity contribution is 0.587. The van der Waals surface area contributed by atoms with Gasteiger partial charge in [-0.3, -0.25) is 4.99 Å². The second-order valence-electron chi connectivity index (χ2n) is 3.06. The lowest BCUT2D eigenvalue weighted by Crippen LogP contribution is -2.16. The van der Waals surface area contributed by atoms with E-state index < -0.39 is 0 Å². The van der Waals surface area contributed by atoms with Crippen molar-refractivity contribution < 1.29 is 0 Å². The van der Waals surface area contributed by atoms with Crippen LogP contribution in [0, 0.1) is 5.41 Å². The molecule has 8 heavy (non-hydrogen) atoms. The van der Waals surface area contributed by atoms with Crippen molar-refractivity contribution in [3.05, 3.63) is 0 Å². The monoisotopic (exact) mass is 113 g/mol. The van der Waals surface area contributed by atoms with Gasteiger partial charge in [0.2, 0.25) is 0 Å². The molecule has 0 aliphatic heterocycles. The predicted molar refractivity (Wildman–Crippen MR) is 38.5 cm³/mol. The maximum absolute atomic E-state index is 4.08. The quantitative estimate of drug-likeness (QED) is 0.427. The molecule has 0 saturated carbocycles. The fourth-order valence-corrected chi connectivity index (χ4v) is 0.335. The van der Waals surface area contributed by atoms with Gasteiger partial charge in [-0.25, -0.2) is 0 Å². The summed E-state index contributed by atoms with van der Waals surface area (Å²) in [6.07, 6.45) is 0. The van der Waals surface area contributed by atoms with Gasteiger partial charge in [0.1, 0.15) is 0 Å². The van der Waals surface area contributed by atoms with Crippen LogP contribution >= 0.6 is 0 Å². The Morgan fingerprint density at radius 3 is 1.62 bits per heavy atom. The molecule has 0 N–H and O–H groups in total. The molecule has 0 radical (unpaired) electrons. The first-order chi connectivity index (χ1) is 3.48. The Kier molecular flexibility index (Phi) is 2.20. The van der Waals surface area contributed by atoms with E-state index in [-0.39, 0.29) is 5.41 Å². The molecule has 0 aromatic carbocycles. The summed E-state index contributed by atoms with van der Waals surface area (Å²) in [5.74, 6) is 0. The van der Waals surface area contributed by atoms with E-state index in [0.29, 0.717) is 0 Å². The Labute approximate surface area is 51.8 Å². The van der Waals surface area contributed by atoms with Crippen LogP contribution in [0.1, 0.15) is 27.7 Å². The van der Waals surface area contributed by atoms with Gasteiger partial charge in [0.15, 0.2) is 0 Å². The normalized spacial score (nSPS) is 14.4. The molecular formula is C7H15N. The van der Waals surface area contributed by atoms with Crippen molar-refractivity contribution in [3.8, 4) is 0 Å². The van der Waals surface area contributed by atoms with Gasteiger partial charge in [-0.2, -0.15) is 0 Å². The molecule has 0 aromatic rings. The van der Waals surface area contributed by atoms with Crippen molar-refractivity contribution in [2.75, 3.05) is 7.05 Å². The molecule has 1 nitrogen and oxygen atoms in total. The summed E-state index contributed by atoms with van der Waals surface area (Å²) >= 11 is 0. The van der Waals surface area contributed by atoms with E-state index in [1.165, 1.54) is 5.71 Å². The Morgan fingerprint density at radius 1 is 1.25 bits per heavy atom. The number of hydrogen-bond acceptors (Lipinski definition) is 1.